The number of carbonyl (C=O) groups is 1. The summed E-state index contributed by atoms with van der Waals surface area (Å²) >= 11 is 0. The molecule has 0 radical (unpaired) electrons. The Morgan fingerprint density at radius 2 is 2.26 bits per heavy atom. The lowest BCUT2D eigenvalue weighted by Gasteiger charge is -2.27. The summed E-state index contributed by atoms with van der Waals surface area (Å²) in [5, 5.41) is 12.3. The Morgan fingerprint density at radius 3 is 2.95 bits per heavy atom. The van der Waals surface area contributed by atoms with Gasteiger partial charge in [0.05, 0.1) is 17.8 Å². The molecule has 0 aromatic heterocycles. The van der Waals surface area contributed by atoms with Crippen molar-refractivity contribution in [3.8, 4) is 0 Å². The van der Waals surface area contributed by atoms with E-state index in [4.69, 9.17) is 5.11 Å². The summed E-state index contributed by atoms with van der Waals surface area (Å²) in [5.74, 6) is -0.303. The summed E-state index contributed by atoms with van der Waals surface area (Å²) in [5.41, 5.74) is 3.61. The van der Waals surface area contributed by atoms with Crippen LogP contribution in [-0.2, 0) is 4.79 Å². The van der Waals surface area contributed by atoms with Crippen LogP contribution in [0.25, 0.3) is 0 Å². The van der Waals surface area contributed by atoms with E-state index in [0.717, 1.165) is 25.2 Å². The van der Waals surface area contributed by atoms with Crippen LogP contribution < -0.4 is 10.2 Å². The van der Waals surface area contributed by atoms with Gasteiger partial charge in [-0.3, -0.25) is 4.79 Å². The Balaban J connectivity index is 2.35. The van der Waals surface area contributed by atoms with Crippen molar-refractivity contribution >= 4 is 17.3 Å². The Bertz CT molecular complexity index is 457. The molecule has 1 aliphatic rings. The van der Waals surface area contributed by atoms with Crippen molar-refractivity contribution in [1.82, 2.24) is 0 Å². The lowest BCUT2D eigenvalue weighted by Crippen LogP contribution is -2.28. The Hall–Kier alpha value is -1.71. The van der Waals surface area contributed by atoms with Crippen molar-refractivity contribution in [1.29, 1.82) is 0 Å². The predicted molar refractivity (Wildman–Crippen MR) is 78.1 cm³/mol. The standard InChI is InChI=1S/C15H22N2O2/c1-11(2)12-5-3-6-13-15(12)17(9-4-8-16-13)10-7-14(18)19/h3,5-6,11,16H,4,7-10H2,1-2H3,(H,18,19). The van der Waals surface area contributed by atoms with Crippen molar-refractivity contribution in [3.63, 3.8) is 0 Å². The second-order valence-electron chi connectivity index (χ2n) is 5.31. The number of carboxylic acids is 1. The van der Waals surface area contributed by atoms with Gasteiger partial charge in [-0.15, -0.1) is 0 Å². The molecule has 4 nitrogen and oxygen atoms in total. The highest BCUT2D eigenvalue weighted by Crippen LogP contribution is 2.36. The summed E-state index contributed by atoms with van der Waals surface area (Å²) in [6.45, 7) is 6.79. The van der Waals surface area contributed by atoms with Crippen molar-refractivity contribution in [2.45, 2.75) is 32.6 Å². The van der Waals surface area contributed by atoms with Crippen LogP contribution >= 0.6 is 0 Å². The molecule has 0 unspecified atom stereocenters. The number of para-hydroxylation sites is 1. The van der Waals surface area contributed by atoms with E-state index in [1.165, 1.54) is 11.3 Å². The van der Waals surface area contributed by atoms with Crippen molar-refractivity contribution in [2.75, 3.05) is 29.9 Å². The molecular weight excluding hydrogens is 240 g/mol. The molecule has 1 aliphatic heterocycles. The molecular formula is C15H22N2O2. The summed E-state index contributed by atoms with van der Waals surface area (Å²) in [6.07, 6.45) is 1.22. The average molecular weight is 262 g/mol. The van der Waals surface area contributed by atoms with Crippen LogP contribution in [0.4, 0.5) is 11.4 Å². The van der Waals surface area contributed by atoms with Crippen molar-refractivity contribution in [3.05, 3.63) is 23.8 Å². The van der Waals surface area contributed by atoms with E-state index in [0.29, 0.717) is 12.5 Å². The van der Waals surface area contributed by atoms with Crippen LogP contribution in [0.5, 0.6) is 0 Å². The molecule has 0 bridgehead atoms. The van der Waals surface area contributed by atoms with Gasteiger partial charge in [0.1, 0.15) is 0 Å². The Labute approximate surface area is 114 Å². The summed E-state index contributed by atoms with van der Waals surface area (Å²) in [7, 11) is 0. The molecule has 4 heteroatoms. The number of hydrogen-bond acceptors (Lipinski definition) is 3. The van der Waals surface area contributed by atoms with E-state index in [9.17, 15) is 4.79 Å². The quantitative estimate of drug-likeness (QED) is 0.876. The molecule has 1 heterocycles. The van der Waals surface area contributed by atoms with Gasteiger partial charge in [-0.05, 0) is 24.0 Å². The third-order valence-electron chi connectivity index (χ3n) is 3.52. The van der Waals surface area contributed by atoms with Crippen LogP contribution in [0, 0.1) is 0 Å². The maximum atomic E-state index is 10.8. The largest absolute Gasteiger partial charge is 0.481 e. The molecule has 0 fully saturated rings. The summed E-state index contributed by atoms with van der Waals surface area (Å²) in [6, 6.07) is 6.30. The van der Waals surface area contributed by atoms with E-state index in [1.807, 2.05) is 0 Å². The van der Waals surface area contributed by atoms with Crippen LogP contribution in [0.15, 0.2) is 18.2 Å². The molecule has 1 aromatic rings. The van der Waals surface area contributed by atoms with E-state index in [1.54, 1.807) is 0 Å². The number of anilines is 2. The van der Waals surface area contributed by atoms with Gasteiger partial charge in [-0.25, -0.2) is 0 Å². The van der Waals surface area contributed by atoms with Crippen LogP contribution in [0.2, 0.25) is 0 Å². The van der Waals surface area contributed by atoms with Crippen LogP contribution in [0.1, 0.15) is 38.2 Å². The number of carboxylic acid groups (broad SMARTS) is 1. The molecule has 0 saturated carbocycles. The van der Waals surface area contributed by atoms with E-state index >= 15 is 0 Å². The molecule has 1 aromatic carbocycles. The molecule has 0 amide bonds. The summed E-state index contributed by atoms with van der Waals surface area (Å²) in [4.78, 5) is 13.0. The van der Waals surface area contributed by atoms with E-state index in [2.05, 4.69) is 42.3 Å². The third-order valence-corrected chi connectivity index (χ3v) is 3.52. The fourth-order valence-corrected chi connectivity index (χ4v) is 2.58. The Kier molecular flexibility index (Phi) is 4.30. The van der Waals surface area contributed by atoms with Crippen molar-refractivity contribution < 1.29 is 9.90 Å². The lowest BCUT2D eigenvalue weighted by molar-refractivity contribution is -0.136. The topological polar surface area (TPSA) is 52.6 Å². The molecule has 0 atom stereocenters. The third kappa shape index (κ3) is 3.19. The first-order valence-corrected chi connectivity index (χ1v) is 6.93. The number of aliphatic carboxylic acids is 1. The number of fused-ring (bicyclic) bond motifs is 1. The number of nitrogens with zero attached hydrogens (tertiary/aromatic N) is 1. The van der Waals surface area contributed by atoms with Gasteiger partial charge in [0.2, 0.25) is 0 Å². The monoisotopic (exact) mass is 262 g/mol. The smallest absolute Gasteiger partial charge is 0.305 e. The fraction of sp³-hybridized carbons (Fsp3) is 0.533. The summed E-state index contributed by atoms with van der Waals surface area (Å²) < 4.78 is 0. The van der Waals surface area contributed by atoms with Gasteiger partial charge < -0.3 is 15.3 Å². The number of nitrogens with one attached hydrogen (secondary N) is 1. The van der Waals surface area contributed by atoms with Gasteiger partial charge >= 0.3 is 5.97 Å². The second kappa shape index (κ2) is 5.95. The molecule has 19 heavy (non-hydrogen) atoms. The van der Waals surface area contributed by atoms with Crippen LogP contribution in [0.3, 0.4) is 0 Å². The molecule has 0 spiro atoms. The zero-order valence-electron chi connectivity index (χ0n) is 11.6. The highest BCUT2D eigenvalue weighted by molar-refractivity contribution is 5.76. The normalized spacial score (nSPS) is 14.8. The predicted octanol–water partition coefficient (Wildman–Crippen LogP) is 2.91. The molecule has 2 N–H and O–H groups in total. The SMILES string of the molecule is CC(C)c1cccc2c1N(CCC(=O)O)CCCN2. The molecule has 2 rings (SSSR count). The van der Waals surface area contributed by atoms with Gasteiger partial charge in [0.15, 0.2) is 0 Å². The molecule has 0 saturated heterocycles. The minimum absolute atomic E-state index is 0.186. The minimum atomic E-state index is -0.735. The lowest BCUT2D eigenvalue weighted by atomic mass is 9.99. The zero-order valence-corrected chi connectivity index (χ0v) is 11.6. The first-order chi connectivity index (χ1) is 9.09. The zero-order chi connectivity index (χ0) is 13.8. The van der Waals surface area contributed by atoms with Crippen LogP contribution in [-0.4, -0.2) is 30.7 Å². The number of hydrogen-bond donors (Lipinski definition) is 2. The minimum Gasteiger partial charge on any atom is -0.481 e. The first-order valence-electron chi connectivity index (χ1n) is 6.93. The number of rotatable bonds is 4. The maximum Gasteiger partial charge on any atom is 0.305 e. The van der Waals surface area contributed by atoms with E-state index in [-0.39, 0.29) is 6.42 Å². The Morgan fingerprint density at radius 1 is 1.47 bits per heavy atom. The average Bonchev–Trinajstić information content (AvgIpc) is 2.57. The molecule has 104 valence electrons. The van der Waals surface area contributed by atoms with Gasteiger partial charge in [0.25, 0.3) is 0 Å². The molecule has 0 aliphatic carbocycles. The highest BCUT2D eigenvalue weighted by Gasteiger charge is 2.20. The maximum absolute atomic E-state index is 10.8. The van der Waals surface area contributed by atoms with E-state index < -0.39 is 5.97 Å². The second-order valence-corrected chi connectivity index (χ2v) is 5.31. The highest BCUT2D eigenvalue weighted by atomic mass is 16.4. The number of benzene rings is 1. The van der Waals surface area contributed by atoms with Gasteiger partial charge in [0, 0.05) is 19.6 Å². The van der Waals surface area contributed by atoms with Gasteiger partial charge in [-0.1, -0.05) is 26.0 Å². The van der Waals surface area contributed by atoms with Gasteiger partial charge in [-0.2, -0.15) is 0 Å². The first kappa shape index (κ1) is 13.7. The van der Waals surface area contributed by atoms with Crippen molar-refractivity contribution in [2.24, 2.45) is 0 Å². The fourth-order valence-electron chi connectivity index (χ4n) is 2.58.